The molecular formula is C18H29NO2Si. The van der Waals surface area contributed by atoms with E-state index in [0.717, 1.165) is 31.9 Å². The van der Waals surface area contributed by atoms with Crippen LogP contribution in [0.1, 0.15) is 6.42 Å². The lowest BCUT2D eigenvalue weighted by Crippen LogP contribution is -2.23. The van der Waals surface area contributed by atoms with Crippen molar-refractivity contribution in [2.45, 2.75) is 26.1 Å². The molecule has 0 bridgehead atoms. The van der Waals surface area contributed by atoms with Crippen LogP contribution in [0.15, 0.2) is 35.5 Å². The molecule has 0 spiro atoms. The van der Waals surface area contributed by atoms with Crippen LogP contribution in [-0.2, 0) is 4.74 Å². The van der Waals surface area contributed by atoms with E-state index in [1.807, 2.05) is 12.1 Å². The fourth-order valence-corrected chi connectivity index (χ4v) is 4.28. The quantitative estimate of drug-likeness (QED) is 0.741. The number of benzene rings is 1. The zero-order valence-electron chi connectivity index (χ0n) is 14.6. The Kier molecular flexibility index (Phi) is 5.70. The van der Waals surface area contributed by atoms with Gasteiger partial charge < -0.3 is 14.4 Å². The number of methoxy groups -OCH3 is 1. The standard InChI is InChI=1S/C18H29NO2Si/c1-19(17-6-8-18(20-2)9-7-17)11-10-15-12-21-13-16(15)14-22(3,4)5/h6-9,14-15H,10-13H2,1-5H3/b16-14+. The Bertz CT molecular complexity index is 505. The van der Waals surface area contributed by atoms with E-state index < -0.39 is 8.07 Å². The lowest BCUT2D eigenvalue weighted by Gasteiger charge is -2.22. The molecule has 1 atom stereocenters. The number of ether oxygens (including phenoxy) is 2. The molecule has 1 aromatic rings. The Balaban J connectivity index is 1.92. The van der Waals surface area contributed by atoms with Gasteiger partial charge in [0.1, 0.15) is 5.75 Å². The Morgan fingerprint density at radius 1 is 1.27 bits per heavy atom. The van der Waals surface area contributed by atoms with Gasteiger partial charge in [0, 0.05) is 25.2 Å². The van der Waals surface area contributed by atoms with E-state index in [1.54, 1.807) is 7.11 Å². The third-order valence-electron chi connectivity index (χ3n) is 4.06. The SMILES string of the molecule is COc1ccc(N(C)CCC2COC/C2=C\[Si](C)(C)C)cc1. The second-order valence-corrected chi connectivity index (χ2v) is 12.2. The molecule has 0 radical (unpaired) electrons. The van der Waals surface area contributed by atoms with Crippen LogP contribution < -0.4 is 9.64 Å². The molecule has 0 aromatic heterocycles. The molecular weight excluding hydrogens is 290 g/mol. The number of rotatable bonds is 6. The van der Waals surface area contributed by atoms with Crippen molar-refractivity contribution in [2.75, 3.05) is 38.8 Å². The van der Waals surface area contributed by atoms with Crippen LogP contribution >= 0.6 is 0 Å². The summed E-state index contributed by atoms with van der Waals surface area (Å²) in [4.78, 5) is 2.31. The molecule has 1 aliphatic heterocycles. The number of anilines is 1. The van der Waals surface area contributed by atoms with E-state index in [0.29, 0.717) is 5.92 Å². The van der Waals surface area contributed by atoms with Crippen LogP contribution in [-0.4, -0.2) is 42.0 Å². The highest BCUT2D eigenvalue weighted by Gasteiger charge is 2.24. The summed E-state index contributed by atoms with van der Waals surface area (Å²) in [7, 11) is 2.69. The van der Waals surface area contributed by atoms with E-state index in [-0.39, 0.29) is 0 Å². The lowest BCUT2D eigenvalue weighted by atomic mass is 10.0. The van der Waals surface area contributed by atoms with Gasteiger partial charge in [0.25, 0.3) is 0 Å². The number of hydrogen-bond donors (Lipinski definition) is 0. The molecule has 122 valence electrons. The van der Waals surface area contributed by atoms with E-state index in [4.69, 9.17) is 9.47 Å². The molecule has 1 aromatic carbocycles. The van der Waals surface area contributed by atoms with Gasteiger partial charge in [-0.1, -0.05) is 25.3 Å². The second-order valence-electron chi connectivity index (χ2n) is 7.21. The average Bonchev–Trinajstić information content (AvgIpc) is 2.90. The molecule has 0 N–H and O–H groups in total. The first-order chi connectivity index (χ1) is 10.4. The van der Waals surface area contributed by atoms with Gasteiger partial charge in [-0.3, -0.25) is 0 Å². The van der Waals surface area contributed by atoms with Crippen molar-refractivity contribution in [2.24, 2.45) is 5.92 Å². The summed E-state index contributed by atoms with van der Waals surface area (Å²) >= 11 is 0. The minimum absolute atomic E-state index is 0.590. The van der Waals surface area contributed by atoms with Crippen molar-refractivity contribution in [3.63, 3.8) is 0 Å². The molecule has 3 nitrogen and oxygen atoms in total. The van der Waals surface area contributed by atoms with Gasteiger partial charge in [0.15, 0.2) is 0 Å². The van der Waals surface area contributed by atoms with Gasteiger partial charge in [-0.25, -0.2) is 0 Å². The van der Waals surface area contributed by atoms with E-state index in [1.165, 1.54) is 11.3 Å². The second kappa shape index (κ2) is 7.33. The summed E-state index contributed by atoms with van der Waals surface area (Å²) in [5.74, 6) is 1.49. The van der Waals surface area contributed by atoms with Gasteiger partial charge in [-0.2, -0.15) is 0 Å². The zero-order chi connectivity index (χ0) is 16.2. The van der Waals surface area contributed by atoms with Gasteiger partial charge in [0.2, 0.25) is 0 Å². The number of hydrogen-bond acceptors (Lipinski definition) is 3. The van der Waals surface area contributed by atoms with Crippen LogP contribution in [0.25, 0.3) is 0 Å². The van der Waals surface area contributed by atoms with Crippen molar-refractivity contribution >= 4 is 13.8 Å². The Morgan fingerprint density at radius 2 is 1.95 bits per heavy atom. The highest BCUT2D eigenvalue weighted by Crippen LogP contribution is 2.26. The van der Waals surface area contributed by atoms with Crippen molar-refractivity contribution < 1.29 is 9.47 Å². The van der Waals surface area contributed by atoms with Gasteiger partial charge in [-0.15, -0.1) is 0 Å². The van der Waals surface area contributed by atoms with Crippen LogP contribution in [0, 0.1) is 5.92 Å². The fourth-order valence-electron chi connectivity index (χ4n) is 2.84. The fraction of sp³-hybridized carbons (Fsp3) is 0.556. The highest BCUT2D eigenvalue weighted by molar-refractivity contribution is 6.81. The normalized spacial score (nSPS) is 20.4. The van der Waals surface area contributed by atoms with Crippen LogP contribution in [0.2, 0.25) is 19.6 Å². The Morgan fingerprint density at radius 3 is 2.55 bits per heavy atom. The molecule has 2 rings (SSSR count). The van der Waals surface area contributed by atoms with Crippen LogP contribution in [0.3, 0.4) is 0 Å². The van der Waals surface area contributed by atoms with Gasteiger partial charge in [-0.05, 0) is 36.3 Å². The summed E-state index contributed by atoms with van der Waals surface area (Å²) in [5, 5.41) is 0. The predicted octanol–water partition coefficient (Wildman–Crippen LogP) is 3.97. The predicted molar refractivity (Wildman–Crippen MR) is 96.6 cm³/mol. The van der Waals surface area contributed by atoms with Crippen molar-refractivity contribution in [3.8, 4) is 5.75 Å². The van der Waals surface area contributed by atoms with Crippen molar-refractivity contribution in [3.05, 3.63) is 35.5 Å². The molecule has 1 unspecified atom stereocenters. The number of nitrogens with zero attached hydrogens (tertiary/aromatic N) is 1. The smallest absolute Gasteiger partial charge is 0.119 e. The maximum Gasteiger partial charge on any atom is 0.119 e. The van der Waals surface area contributed by atoms with Gasteiger partial charge in [0.05, 0.1) is 28.4 Å². The molecule has 0 saturated carbocycles. The summed E-state index contributed by atoms with van der Waals surface area (Å²) in [5.41, 5.74) is 5.29. The summed E-state index contributed by atoms with van der Waals surface area (Å²) in [6.07, 6.45) is 1.15. The maximum atomic E-state index is 5.70. The Hall–Kier alpha value is -1.26. The molecule has 1 aliphatic rings. The molecule has 1 fully saturated rings. The van der Waals surface area contributed by atoms with E-state index in [9.17, 15) is 0 Å². The van der Waals surface area contributed by atoms with Crippen molar-refractivity contribution in [1.82, 2.24) is 0 Å². The minimum Gasteiger partial charge on any atom is -0.497 e. The lowest BCUT2D eigenvalue weighted by molar-refractivity contribution is 0.186. The van der Waals surface area contributed by atoms with E-state index >= 15 is 0 Å². The largest absolute Gasteiger partial charge is 0.497 e. The molecule has 0 amide bonds. The van der Waals surface area contributed by atoms with Crippen LogP contribution in [0.4, 0.5) is 5.69 Å². The summed E-state index contributed by atoms with van der Waals surface area (Å²) in [6, 6.07) is 8.26. The molecule has 0 aliphatic carbocycles. The first-order valence-corrected chi connectivity index (χ1v) is 11.6. The first kappa shape index (κ1) is 17.1. The topological polar surface area (TPSA) is 21.7 Å². The average molecular weight is 320 g/mol. The minimum atomic E-state index is -1.16. The molecule has 4 heteroatoms. The van der Waals surface area contributed by atoms with Crippen LogP contribution in [0.5, 0.6) is 5.75 Å². The summed E-state index contributed by atoms with van der Waals surface area (Å²) in [6.45, 7) is 9.92. The monoisotopic (exact) mass is 319 g/mol. The highest BCUT2D eigenvalue weighted by atomic mass is 28.3. The third kappa shape index (κ3) is 4.89. The molecule has 1 saturated heterocycles. The molecule has 1 heterocycles. The molecule has 22 heavy (non-hydrogen) atoms. The summed E-state index contributed by atoms with van der Waals surface area (Å²) < 4.78 is 10.9. The van der Waals surface area contributed by atoms with Crippen molar-refractivity contribution in [1.29, 1.82) is 0 Å². The van der Waals surface area contributed by atoms with Gasteiger partial charge >= 0.3 is 0 Å². The first-order valence-electron chi connectivity index (χ1n) is 8.03. The maximum absolute atomic E-state index is 5.70. The van der Waals surface area contributed by atoms with E-state index in [2.05, 4.69) is 49.4 Å². The zero-order valence-corrected chi connectivity index (χ0v) is 15.6. The Labute approximate surface area is 135 Å². The third-order valence-corrected chi connectivity index (χ3v) is 5.29.